The van der Waals surface area contributed by atoms with E-state index >= 15 is 0 Å². The molecule has 1 aromatic heterocycles. The van der Waals surface area contributed by atoms with Crippen molar-refractivity contribution in [3.63, 3.8) is 0 Å². The first-order valence-corrected chi connectivity index (χ1v) is 13.0. The summed E-state index contributed by atoms with van der Waals surface area (Å²) in [7, 11) is 1.98. The molecule has 2 heterocycles. The number of nitrogens with zero attached hydrogens (tertiary/aromatic N) is 2. The minimum atomic E-state index is -0.197. The lowest BCUT2D eigenvalue weighted by molar-refractivity contribution is 0.0935. The number of likely N-dealkylation sites (N-methyl/N-ethyl adjacent to an activating group) is 1. The highest BCUT2D eigenvalue weighted by Gasteiger charge is 2.35. The Balaban J connectivity index is 1.17. The number of aromatic nitrogens is 2. The lowest BCUT2D eigenvalue weighted by Gasteiger charge is -2.18. The van der Waals surface area contributed by atoms with Crippen LogP contribution in [0, 0.1) is 0 Å². The van der Waals surface area contributed by atoms with Crippen LogP contribution < -0.4 is 20.2 Å². The second-order valence-electron chi connectivity index (χ2n) is 9.19. The molecule has 0 saturated carbocycles. The van der Waals surface area contributed by atoms with Gasteiger partial charge in [0.1, 0.15) is 17.4 Å². The Bertz CT molecular complexity index is 1470. The summed E-state index contributed by atoms with van der Waals surface area (Å²) >= 11 is 1.08. The summed E-state index contributed by atoms with van der Waals surface area (Å²) in [5.41, 5.74) is 2.64. The number of carbonyl (C=O) groups excluding carboxylic acids is 2. The van der Waals surface area contributed by atoms with E-state index in [-0.39, 0.29) is 35.3 Å². The summed E-state index contributed by atoms with van der Waals surface area (Å²) in [6.07, 6.45) is 0. The molecule has 2 amide bonds. The molecule has 5 rings (SSSR count). The summed E-state index contributed by atoms with van der Waals surface area (Å²) in [6, 6.07) is 23.4. The van der Waals surface area contributed by atoms with Crippen molar-refractivity contribution in [1.29, 1.82) is 0 Å². The third-order valence-electron chi connectivity index (χ3n) is 6.33. The monoisotopic (exact) mass is 529 g/mol. The molecule has 2 atom stereocenters. The van der Waals surface area contributed by atoms with Gasteiger partial charge >= 0.3 is 4.87 Å². The van der Waals surface area contributed by atoms with Crippen LogP contribution in [0.5, 0.6) is 5.75 Å². The van der Waals surface area contributed by atoms with Crippen LogP contribution in [0.1, 0.15) is 37.2 Å². The van der Waals surface area contributed by atoms with E-state index in [9.17, 15) is 14.4 Å². The van der Waals surface area contributed by atoms with Crippen molar-refractivity contribution in [3.05, 3.63) is 110 Å². The first kappa shape index (κ1) is 25.4. The second-order valence-corrected chi connectivity index (χ2v) is 10.2. The van der Waals surface area contributed by atoms with E-state index in [4.69, 9.17) is 4.74 Å². The first-order chi connectivity index (χ1) is 18.4. The molecular formula is C28H27N5O4S. The number of rotatable bonds is 8. The number of para-hydroxylation sites is 1. The van der Waals surface area contributed by atoms with Crippen molar-refractivity contribution in [1.82, 2.24) is 20.4 Å². The van der Waals surface area contributed by atoms with E-state index < -0.39 is 0 Å². The number of likely N-dealkylation sites (tertiary alicyclic amines) is 1. The van der Waals surface area contributed by atoms with Gasteiger partial charge in [0, 0.05) is 35.8 Å². The molecule has 1 saturated heterocycles. The Morgan fingerprint density at radius 2 is 1.79 bits per heavy atom. The van der Waals surface area contributed by atoms with Crippen molar-refractivity contribution in [3.8, 4) is 5.75 Å². The largest absolute Gasteiger partial charge is 0.489 e. The van der Waals surface area contributed by atoms with Crippen LogP contribution in [0.4, 0.5) is 5.69 Å². The Kier molecular flexibility index (Phi) is 7.62. The van der Waals surface area contributed by atoms with Crippen LogP contribution in [0.15, 0.2) is 83.7 Å². The summed E-state index contributed by atoms with van der Waals surface area (Å²) in [5.74, 6) is 0.189. The fraction of sp³-hybridized carbons (Fsp3) is 0.214. The lowest BCUT2D eigenvalue weighted by Crippen LogP contribution is -2.39. The average molecular weight is 530 g/mol. The average Bonchev–Trinajstić information content (AvgIpc) is 3.53. The highest BCUT2D eigenvalue weighted by Crippen LogP contribution is 2.27. The number of hydrogen-bond donors (Lipinski definition) is 3. The molecule has 0 aliphatic carbocycles. The zero-order valence-electron chi connectivity index (χ0n) is 20.7. The fourth-order valence-corrected chi connectivity index (χ4v) is 5.21. The van der Waals surface area contributed by atoms with Gasteiger partial charge in [0.15, 0.2) is 0 Å². The second kappa shape index (κ2) is 11.4. The number of amides is 2. The molecule has 4 aromatic rings. The number of benzene rings is 3. The zero-order chi connectivity index (χ0) is 26.5. The van der Waals surface area contributed by atoms with Gasteiger partial charge in [-0.25, -0.2) is 5.10 Å². The number of H-pyrrole nitrogens is 1. The number of anilines is 1. The van der Waals surface area contributed by atoms with Gasteiger partial charge in [-0.3, -0.25) is 14.4 Å². The quantitative estimate of drug-likeness (QED) is 0.322. The van der Waals surface area contributed by atoms with Crippen molar-refractivity contribution >= 4 is 28.8 Å². The van der Waals surface area contributed by atoms with Gasteiger partial charge in [0.05, 0.1) is 6.04 Å². The van der Waals surface area contributed by atoms with Crippen LogP contribution in [0.25, 0.3) is 0 Å². The standard InChI is InChI=1S/C28H27N5O4S/c1-33-15-23(27-31-32-28(36)38-27)24(16-33)30-25(34)19-10-12-22(13-11-19)37-17-18-6-5-7-20(14-18)26(35)29-21-8-3-2-4-9-21/h2-14,23-24H,15-17H2,1H3,(H,29,35)(H,30,34)(H,32,36)/t23-,24+/m0/s1. The minimum Gasteiger partial charge on any atom is -0.489 e. The van der Waals surface area contributed by atoms with Crippen LogP contribution in [-0.4, -0.2) is 53.1 Å². The molecule has 0 spiro atoms. The fourth-order valence-electron chi connectivity index (χ4n) is 4.44. The Labute approximate surface area is 223 Å². The van der Waals surface area contributed by atoms with Crippen molar-refractivity contribution in [2.24, 2.45) is 0 Å². The molecule has 1 fully saturated rings. The van der Waals surface area contributed by atoms with Crippen LogP contribution in [0.3, 0.4) is 0 Å². The smallest absolute Gasteiger partial charge is 0.322 e. The Morgan fingerprint density at radius 1 is 1.00 bits per heavy atom. The molecule has 1 aliphatic rings. The summed E-state index contributed by atoms with van der Waals surface area (Å²) in [6.45, 7) is 1.67. The van der Waals surface area contributed by atoms with E-state index in [1.165, 1.54) is 0 Å². The number of ether oxygens (including phenoxy) is 1. The number of aromatic amines is 1. The summed E-state index contributed by atoms with van der Waals surface area (Å²) < 4.78 is 5.89. The maximum atomic E-state index is 12.9. The van der Waals surface area contributed by atoms with Gasteiger partial charge in [-0.15, -0.1) is 0 Å². The maximum Gasteiger partial charge on any atom is 0.322 e. The lowest BCUT2D eigenvalue weighted by atomic mass is 10.0. The molecule has 10 heteroatoms. The molecule has 38 heavy (non-hydrogen) atoms. The summed E-state index contributed by atoms with van der Waals surface area (Å²) in [4.78, 5) is 38.9. The van der Waals surface area contributed by atoms with E-state index in [1.807, 2.05) is 49.5 Å². The van der Waals surface area contributed by atoms with Gasteiger partial charge in [-0.05, 0) is 61.1 Å². The zero-order valence-corrected chi connectivity index (χ0v) is 21.5. The molecule has 0 unspecified atom stereocenters. The molecule has 1 aliphatic heterocycles. The number of carbonyl (C=O) groups is 2. The van der Waals surface area contributed by atoms with Gasteiger partial charge in [-0.2, -0.15) is 5.10 Å². The Morgan fingerprint density at radius 3 is 2.53 bits per heavy atom. The predicted molar refractivity (Wildman–Crippen MR) is 146 cm³/mol. The maximum absolute atomic E-state index is 12.9. The van der Waals surface area contributed by atoms with Gasteiger partial charge < -0.3 is 20.3 Å². The van der Waals surface area contributed by atoms with Gasteiger partial charge in [0.2, 0.25) is 0 Å². The highest BCUT2D eigenvalue weighted by molar-refractivity contribution is 7.08. The third-order valence-corrected chi connectivity index (χ3v) is 7.21. The van der Waals surface area contributed by atoms with E-state index in [0.29, 0.717) is 35.0 Å². The molecule has 3 aromatic carbocycles. The van der Waals surface area contributed by atoms with Gasteiger partial charge in [0.25, 0.3) is 11.8 Å². The molecule has 194 valence electrons. The van der Waals surface area contributed by atoms with Crippen molar-refractivity contribution in [2.45, 2.75) is 18.6 Å². The Hall–Kier alpha value is -4.28. The van der Waals surface area contributed by atoms with Crippen LogP contribution in [-0.2, 0) is 6.61 Å². The van der Waals surface area contributed by atoms with Gasteiger partial charge in [-0.1, -0.05) is 41.7 Å². The molecule has 0 radical (unpaired) electrons. The van der Waals surface area contributed by atoms with Crippen LogP contribution in [0.2, 0.25) is 0 Å². The SMILES string of the molecule is CN1C[C@H](c2n[nH]c(=O)s2)[C@H](NC(=O)c2ccc(OCc3cccc(C(=O)Nc4ccccc4)c3)cc2)C1. The van der Waals surface area contributed by atoms with Crippen molar-refractivity contribution < 1.29 is 14.3 Å². The van der Waals surface area contributed by atoms with Crippen molar-refractivity contribution in [2.75, 3.05) is 25.5 Å². The first-order valence-electron chi connectivity index (χ1n) is 12.2. The normalized spacial score (nSPS) is 17.2. The van der Waals surface area contributed by atoms with E-state index in [1.54, 1.807) is 36.4 Å². The third kappa shape index (κ3) is 6.16. The van der Waals surface area contributed by atoms with E-state index in [2.05, 4.69) is 25.7 Å². The molecule has 3 N–H and O–H groups in total. The molecule has 0 bridgehead atoms. The minimum absolute atomic E-state index is 0.0407. The van der Waals surface area contributed by atoms with E-state index in [0.717, 1.165) is 22.6 Å². The van der Waals surface area contributed by atoms with Crippen LogP contribution >= 0.6 is 11.3 Å². The number of hydrogen-bond acceptors (Lipinski definition) is 7. The predicted octanol–water partition coefficient (Wildman–Crippen LogP) is 3.49. The summed E-state index contributed by atoms with van der Waals surface area (Å²) in [5, 5.41) is 13.2. The molecular weight excluding hydrogens is 502 g/mol. The molecule has 9 nitrogen and oxygen atoms in total. The topological polar surface area (TPSA) is 116 Å². The number of nitrogens with one attached hydrogen (secondary N) is 3. The highest BCUT2D eigenvalue weighted by atomic mass is 32.1.